The molecular weight excluding hydrogens is 390 g/mol. The highest BCUT2D eigenvalue weighted by Gasteiger charge is 2.22. The van der Waals surface area contributed by atoms with Gasteiger partial charge in [0, 0.05) is 18.9 Å². The maximum Gasteiger partial charge on any atom is 0.332 e. The minimum absolute atomic E-state index is 0.0269. The summed E-state index contributed by atoms with van der Waals surface area (Å²) in [4.78, 5) is 31.1. The molecule has 0 saturated heterocycles. The van der Waals surface area contributed by atoms with E-state index in [-0.39, 0.29) is 23.8 Å². The molecule has 0 radical (unpaired) electrons. The van der Waals surface area contributed by atoms with E-state index >= 15 is 0 Å². The van der Waals surface area contributed by atoms with E-state index in [9.17, 15) is 9.59 Å². The number of rotatable bonds is 4. The third kappa shape index (κ3) is 2.92. The molecule has 156 valence electrons. The van der Waals surface area contributed by atoms with Crippen LogP contribution in [0, 0.1) is 6.92 Å². The van der Waals surface area contributed by atoms with Gasteiger partial charge in [-0.15, -0.1) is 0 Å². The first kappa shape index (κ1) is 19.1. The highest BCUT2D eigenvalue weighted by molar-refractivity contribution is 5.75. The quantitative estimate of drug-likeness (QED) is 0.455. The summed E-state index contributed by atoms with van der Waals surface area (Å²) in [5.41, 5.74) is 3.13. The Bertz CT molecular complexity index is 1520. The smallest absolute Gasteiger partial charge is 0.307 e. The molecule has 5 aromatic rings. The highest BCUT2D eigenvalue weighted by atomic mass is 16.2. The lowest BCUT2D eigenvalue weighted by Gasteiger charge is -2.16. The van der Waals surface area contributed by atoms with Crippen LogP contribution < -0.4 is 11.2 Å². The first-order valence-corrected chi connectivity index (χ1v) is 10.3. The monoisotopic (exact) mass is 413 g/mol. The summed E-state index contributed by atoms with van der Waals surface area (Å²) in [6.45, 7) is 4.33. The van der Waals surface area contributed by atoms with Gasteiger partial charge < -0.3 is 4.57 Å². The number of benzene rings is 2. The third-order valence-corrected chi connectivity index (χ3v) is 5.92. The van der Waals surface area contributed by atoms with Gasteiger partial charge in [0.05, 0.1) is 12.6 Å². The number of fused-ring (bicyclic) bond motifs is 3. The summed E-state index contributed by atoms with van der Waals surface area (Å²) < 4.78 is 6.65. The number of hydrogen-bond donors (Lipinski definition) is 0. The second-order valence-corrected chi connectivity index (χ2v) is 7.90. The van der Waals surface area contributed by atoms with Gasteiger partial charge in [-0.25, -0.2) is 4.79 Å². The maximum atomic E-state index is 13.4. The molecule has 0 aliphatic carbocycles. The van der Waals surface area contributed by atoms with Gasteiger partial charge in [-0.05, 0) is 25.0 Å². The van der Waals surface area contributed by atoms with Crippen LogP contribution in [0.5, 0.6) is 0 Å². The molecule has 1 unspecified atom stereocenters. The van der Waals surface area contributed by atoms with E-state index in [1.807, 2.05) is 66.1 Å². The number of aryl methyl sites for hydroxylation is 2. The fourth-order valence-electron chi connectivity index (χ4n) is 4.29. The van der Waals surface area contributed by atoms with Crippen molar-refractivity contribution in [3.8, 4) is 0 Å². The van der Waals surface area contributed by atoms with Crippen molar-refractivity contribution < 1.29 is 0 Å². The molecular formula is C24H23N5O2. The molecule has 0 saturated carbocycles. The summed E-state index contributed by atoms with van der Waals surface area (Å²) in [7, 11) is 1.66. The molecule has 0 aliphatic rings. The van der Waals surface area contributed by atoms with Gasteiger partial charge >= 0.3 is 5.69 Å². The summed E-state index contributed by atoms with van der Waals surface area (Å²) in [6.07, 6.45) is 1.92. The van der Waals surface area contributed by atoms with Gasteiger partial charge in [0.2, 0.25) is 5.78 Å². The zero-order valence-corrected chi connectivity index (χ0v) is 17.7. The molecule has 0 spiro atoms. The zero-order valence-electron chi connectivity index (χ0n) is 17.7. The van der Waals surface area contributed by atoms with E-state index in [0.29, 0.717) is 16.9 Å². The molecule has 0 aliphatic heterocycles. The van der Waals surface area contributed by atoms with Crippen LogP contribution in [-0.4, -0.2) is 23.1 Å². The Balaban J connectivity index is 1.76. The normalized spacial score (nSPS) is 12.6. The zero-order chi connectivity index (χ0) is 21.7. The molecule has 31 heavy (non-hydrogen) atoms. The average molecular weight is 413 g/mol. The molecule has 3 heterocycles. The van der Waals surface area contributed by atoms with Crippen molar-refractivity contribution in [2.75, 3.05) is 0 Å². The molecule has 5 rings (SSSR count). The molecule has 3 aromatic heterocycles. The molecule has 0 amide bonds. The first-order chi connectivity index (χ1) is 15.0. The van der Waals surface area contributed by atoms with Gasteiger partial charge in [-0.3, -0.25) is 18.3 Å². The molecule has 7 heteroatoms. The van der Waals surface area contributed by atoms with E-state index < -0.39 is 0 Å². The molecule has 1 atom stereocenters. The van der Waals surface area contributed by atoms with Crippen LogP contribution in [0.15, 0.2) is 76.4 Å². The second kappa shape index (κ2) is 7.12. The van der Waals surface area contributed by atoms with E-state index in [1.54, 1.807) is 7.05 Å². The minimum atomic E-state index is -0.374. The Morgan fingerprint density at radius 1 is 0.968 bits per heavy atom. The SMILES string of the molecule is Cc1cn2c3c(=O)n(Cc4ccccc4)c(=O)n(C)c3nc2n1C(C)c1ccccc1. The van der Waals surface area contributed by atoms with Crippen molar-refractivity contribution in [3.63, 3.8) is 0 Å². The van der Waals surface area contributed by atoms with Crippen molar-refractivity contribution in [1.82, 2.24) is 23.1 Å². The van der Waals surface area contributed by atoms with Gasteiger partial charge in [-0.1, -0.05) is 60.7 Å². The number of imidazole rings is 2. The molecule has 0 N–H and O–H groups in total. The van der Waals surface area contributed by atoms with Crippen molar-refractivity contribution in [2.24, 2.45) is 7.05 Å². The van der Waals surface area contributed by atoms with Crippen molar-refractivity contribution in [1.29, 1.82) is 0 Å². The largest absolute Gasteiger partial charge is 0.332 e. The second-order valence-electron chi connectivity index (χ2n) is 7.90. The average Bonchev–Trinajstić information content (AvgIpc) is 3.30. The van der Waals surface area contributed by atoms with Crippen molar-refractivity contribution >= 4 is 16.9 Å². The number of hydrogen-bond acceptors (Lipinski definition) is 3. The Labute approximate surface area is 178 Å². The van der Waals surface area contributed by atoms with Crippen LogP contribution in [0.4, 0.5) is 0 Å². The fourth-order valence-corrected chi connectivity index (χ4v) is 4.29. The Morgan fingerprint density at radius 3 is 2.29 bits per heavy atom. The van der Waals surface area contributed by atoms with Crippen LogP contribution >= 0.6 is 0 Å². The Morgan fingerprint density at radius 2 is 1.61 bits per heavy atom. The van der Waals surface area contributed by atoms with Crippen LogP contribution in [0.25, 0.3) is 16.9 Å². The predicted octanol–water partition coefficient (Wildman–Crippen LogP) is 3.12. The summed E-state index contributed by atoms with van der Waals surface area (Å²) in [6, 6.07) is 19.7. The maximum absolute atomic E-state index is 13.4. The van der Waals surface area contributed by atoms with E-state index in [4.69, 9.17) is 4.98 Å². The highest BCUT2D eigenvalue weighted by Crippen LogP contribution is 2.25. The van der Waals surface area contributed by atoms with Crippen LogP contribution in [0.1, 0.15) is 29.8 Å². The van der Waals surface area contributed by atoms with Gasteiger partial charge in [0.25, 0.3) is 5.56 Å². The summed E-state index contributed by atoms with van der Waals surface area (Å²) in [5, 5.41) is 0. The Kier molecular flexibility index (Phi) is 4.39. The number of nitrogens with zero attached hydrogens (tertiary/aromatic N) is 5. The van der Waals surface area contributed by atoms with Crippen LogP contribution in [-0.2, 0) is 13.6 Å². The Hall–Kier alpha value is -3.87. The van der Waals surface area contributed by atoms with Gasteiger partial charge in [-0.2, -0.15) is 4.98 Å². The van der Waals surface area contributed by atoms with Crippen LogP contribution in [0.3, 0.4) is 0 Å². The van der Waals surface area contributed by atoms with E-state index in [0.717, 1.165) is 16.8 Å². The first-order valence-electron chi connectivity index (χ1n) is 10.3. The third-order valence-electron chi connectivity index (χ3n) is 5.92. The molecule has 2 aromatic carbocycles. The van der Waals surface area contributed by atoms with E-state index in [2.05, 4.69) is 23.6 Å². The standard InChI is InChI=1S/C24H23N5O2/c1-16-14-27-20-21(25-23(27)29(16)17(2)19-12-8-5-9-13-19)26(3)24(31)28(22(20)30)15-18-10-6-4-7-11-18/h4-14,17H,15H2,1-3H3. The van der Waals surface area contributed by atoms with Crippen molar-refractivity contribution in [2.45, 2.75) is 26.4 Å². The summed E-state index contributed by atoms with van der Waals surface area (Å²) in [5.74, 6) is 0.647. The fraction of sp³-hybridized carbons (Fsp3) is 0.208. The molecule has 7 nitrogen and oxygen atoms in total. The van der Waals surface area contributed by atoms with E-state index in [1.165, 1.54) is 9.13 Å². The van der Waals surface area contributed by atoms with Gasteiger partial charge in [0.15, 0.2) is 11.2 Å². The molecule has 0 fully saturated rings. The lowest BCUT2D eigenvalue weighted by atomic mass is 10.1. The summed E-state index contributed by atoms with van der Waals surface area (Å²) >= 11 is 0. The lowest BCUT2D eigenvalue weighted by Crippen LogP contribution is -2.39. The van der Waals surface area contributed by atoms with Gasteiger partial charge in [0.1, 0.15) is 0 Å². The lowest BCUT2D eigenvalue weighted by molar-refractivity contribution is 0.638. The predicted molar refractivity (Wildman–Crippen MR) is 121 cm³/mol. The molecule has 0 bridgehead atoms. The minimum Gasteiger partial charge on any atom is -0.307 e. The number of aromatic nitrogens is 5. The topological polar surface area (TPSA) is 66.2 Å². The van der Waals surface area contributed by atoms with Crippen LogP contribution in [0.2, 0.25) is 0 Å². The van der Waals surface area contributed by atoms with Crippen molar-refractivity contribution in [3.05, 3.63) is 105 Å².